The van der Waals surface area contributed by atoms with Crippen molar-refractivity contribution in [3.63, 3.8) is 0 Å². The lowest BCUT2D eigenvalue weighted by Gasteiger charge is -2.25. The molecule has 0 unspecified atom stereocenters. The fourth-order valence-corrected chi connectivity index (χ4v) is 2.44. The summed E-state index contributed by atoms with van der Waals surface area (Å²) in [6.45, 7) is 0. The van der Waals surface area contributed by atoms with Gasteiger partial charge in [-0.15, -0.1) is 0 Å². The maximum Gasteiger partial charge on any atom is 0.312 e. The maximum atomic E-state index is 11.7. The molecule has 2 aromatic rings. The molecule has 0 fully saturated rings. The van der Waals surface area contributed by atoms with Crippen molar-refractivity contribution in [1.82, 2.24) is 0 Å². The second-order valence-electron chi connectivity index (χ2n) is 4.55. The first kappa shape index (κ1) is 11.8. The Morgan fingerprint density at radius 2 is 1.95 bits per heavy atom. The van der Waals surface area contributed by atoms with E-state index in [1.807, 2.05) is 42.5 Å². The highest BCUT2D eigenvalue weighted by Crippen LogP contribution is 2.40. The summed E-state index contributed by atoms with van der Waals surface area (Å²) in [7, 11) is 1.60. The smallest absolute Gasteiger partial charge is 0.312 e. The van der Waals surface area contributed by atoms with Crippen molar-refractivity contribution in [1.29, 1.82) is 0 Å². The van der Waals surface area contributed by atoms with E-state index in [0.29, 0.717) is 17.9 Å². The van der Waals surface area contributed by atoms with E-state index in [2.05, 4.69) is 0 Å². The Hall–Kier alpha value is -2.29. The molecule has 3 rings (SSSR count). The predicted octanol–water partition coefficient (Wildman–Crippen LogP) is 3.14. The van der Waals surface area contributed by atoms with Gasteiger partial charge in [-0.25, -0.2) is 0 Å². The van der Waals surface area contributed by atoms with Gasteiger partial charge in [-0.1, -0.05) is 36.4 Å². The number of ether oxygens (including phenoxy) is 2. The van der Waals surface area contributed by atoms with Crippen molar-refractivity contribution < 1.29 is 14.3 Å². The highest BCUT2D eigenvalue weighted by molar-refractivity contribution is 5.77. The van der Waals surface area contributed by atoms with Crippen LogP contribution in [0.3, 0.4) is 0 Å². The molecule has 0 aliphatic carbocycles. The minimum atomic E-state index is -0.199. The molecular weight excluding hydrogens is 240 g/mol. The molecule has 0 N–H and O–H groups in total. The van der Waals surface area contributed by atoms with Crippen LogP contribution in [0.25, 0.3) is 0 Å². The van der Waals surface area contributed by atoms with E-state index in [1.165, 1.54) is 0 Å². The van der Waals surface area contributed by atoms with Crippen LogP contribution in [-0.2, 0) is 4.79 Å². The van der Waals surface area contributed by atoms with E-state index >= 15 is 0 Å². The lowest BCUT2D eigenvalue weighted by molar-refractivity contribution is -0.135. The molecule has 19 heavy (non-hydrogen) atoms. The molecule has 3 nitrogen and oxygen atoms in total. The fraction of sp³-hybridized carbons (Fsp3) is 0.188. The zero-order valence-corrected chi connectivity index (χ0v) is 10.6. The van der Waals surface area contributed by atoms with Crippen molar-refractivity contribution in [3.05, 3.63) is 59.7 Å². The molecule has 1 aliphatic rings. The summed E-state index contributed by atoms with van der Waals surface area (Å²) in [6, 6.07) is 15.7. The van der Waals surface area contributed by atoms with E-state index in [1.54, 1.807) is 13.2 Å². The molecule has 0 aromatic heterocycles. The maximum absolute atomic E-state index is 11.7. The van der Waals surface area contributed by atoms with Crippen molar-refractivity contribution >= 4 is 5.97 Å². The number of carbonyl (C=O) groups excluding carboxylic acids is 1. The number of carbonyl (C=O) groups is 1. The molecule has 0 radical (unpaired) electrons. The van der Waals surface area contributed by atoms with Crippen LogP contribution in [0.4, 0.5) is 0 Å². The molecule has 0 spiro atoms. The minimum absolute atomic E-state index is 0.0587. The third-order valence-electron chi connectivity index (χ3n) is 3.39. The highest BCUT2D eigenvalue weighted by atomic mass is 16.5. The first-order valence-corrected chi connectivity index (χ1v) is 6.21. The number of esters is 1. The summed E-state index contributed by atoms with van der Waals surface area (Å²) in [5.41, 5.74) is 2.16. The van der Waals surface area contributed by atoms with Crippen molar-refractivity contribution in [2.24, 2.45) is 0 Å². The van der Waals surface area contributed by atoms with Gasteiger partial charge >= 0.3 is 5.97 Å². The first-order chi connectivity index (χ1) is 9.28. The summed E-state index contributed by atoms with van der Waals surface area (Å²) in [6.07, 6.45) is 0.378. The highest BCUT2D eigenvalue weighted by Gasteiger charge is 2.28. The molecule has 3 heteroatoms. The van der Waals surface area contributed by atoms with Crippen LogP contribution in [-0.4, -0.2) is 13.1 Å². The van der Waals surface area contributed by atoms with Gasteiger partial charge in [-0.2, -0.15) is 0 Å². The van der Waals surface area contributed by atoms with Crippen LogP contribution in [0.15, 0.2) is 48.5 Å². The Balaban J connectivity index is 2.07. The van der Waals surface area contributed by atoms with Crippen molar-refractivity contribution in [2.45, 2.75) is 12.3 Å². The summed E-state index contributed by atoms with van der Waals surface area (Å²) >= 11 is 0. The van der Waals surface area contributed by atoms with Crippen LogP contribution >= 0.6 is 0 Å². The largest absolute Gasteiger partial charge is 0.497 e. The Kier molecular flexibility index (Phi) is 2.95. The summed E-state index contributed by atoms with van der Waals surface area (Å²) in [5, 5.41) is 0. The predicted molar refractivity (Wildman–Crippen MR) is 71.5 cm³/mol. The van der Waals surface area contributed by atoms with Crippen LogP contribution in [0.5, 0.6) is 11.5 Å². The SMILES string of the molecule is COc1ccc2c(c1)OC(=O)C[C@@H]2c1ccccc1. The third kappa shape index (κ3) is 2.19. The summed E-state index contributed by atoms with van der Waals surface area (Å²) < 4.78 is 10.5. The molecule has 1 aliphatic heterocycles. The zero-order chi connectivity index (χ0) is 13.2. The van der Waals surface area contributed by atoms with Crippen LogP contribution in [0.1, 0.15) is 23.5 Å². The monoisotopic (exact) mass is 254 g/mol. The van der Waals surface area contributed by atoms with Gasteiger partial charge in [0.15, 0.2) is 0 Å². The molecule has 2 aromatic carbocycles. The van der Waals surface area contributed by atoms with Gasteiger partial charge in [0.1, 0.15) is 11.5 Å². The zero-order valence-electron chi connectivity index (χ0n) is 10.6. The number of hydrogen-bond acceptors (Lipinski definition) is 3. The molecule has 0 saturated heterocycles. The average molecular weight is 254 g/mol. The van der Waals surface area contributed by atoms with Crippen LogP contribution < -0.4 is 9.47 Å². The summed E-state index contributed by atoms with van der Waals surface area (Å²) in [5.74, 6) is 1.16. The molecule has 0 amide bonds. The minimum Gasteiger partial charge on any atom is -0.497 e. The summed E-state index contributed by atoms with van der Waals surface area (Å²) in [4.78, 5) is 11.7. The second kappa shape index (κ2) is 4.76. The van der Waals surface area contributed by atoms with E-state index < -0.39 is 0 Å². The van der Waals surface area contributed by atoms with Gasteiger partial charge in [0.2, 0.25) is 0 Å². The number of benzene rings is 2. The second-order valence-corrected chi connectivity index (χ2v) is 4.55. The Labute approximate surface area is 111 Å². The normalized spacial score (nSPS) is 17.5. The van der Waals surface area contributed by atoms with E-state index in [0.717, 1.165) is 11.1 Å². The topological polar surface area (TPSA) is 35.5 Å². The number of rotatable bonds is 2. The number of fused-ring (bicyclic) bond motifs is 1. The molecule has 96 valence electrons. The fourth-order valence-electron chi connectivity index (χ4n) is 2.44. The standard InChI is InChI=1S/C16H14O3/c1-18-12-7-8-13-14(11-5-3-2-4-6-11)10-16(17)19-15(13)9-12/h2-9,14H,10H2,1H3/t14-/m1/s1. The quantitative estimate of drug-likeness (QED) is 0.610. The lowest BCUT2D eigenvalue weighted by Crippen LogP contribution is -2.20. The van der Waals surface area contributed by atoms with Crippen molar-refractivity contribution in [3.8, 4) is 11.5 Å². The van der Waals surface area contributed by atoms with Gasteiger partial charge < -0.3 is 9.47 Å². The molecule has 0 bridgehead atoms. The van der Waals surface area contributed by atoms with Gasteiger partial charge in [0.25, 0.3) is 0 Å². The number of methoxy groups -OCH3 is 1. The van der Waals surface area contributed by atoms with Gasteiger partial charge in [-0.3, -0.25) is 4.79 Å². The molecule has 0 saturated carbocycles. The van der Waals surface area contributed by atoms with Crippen LogP contribution in [0.2, 0.25) is 0 Å². The van der Waals surface area contributed by atoms with Gasteiger partial charge in [-0.05, 0) is 11.6 Å². The average Bonchev–Trinajstić information content (AvgIpc) is 2.46. The third-order valence-corrected chi connectivity index (χ3v) is 3.39. The van der Waals surface area contributed by atoms with E-state index in [-0.39, 0.29) is 11.9 Å². The molecule has 1 atom stereocenters. The Bertz CT molecular complexity index is 605. The Morgan fingerprint density at radius 1 is 1.16 bits per heavy atom. The lowest BCUT2D eigenvalue weighted by atomic mass is 9.86. The van der Waals surface area contributed by atoms with E-state index in [9.17, 15) is 4.79 Å². The van der Waals surface area contributed by atoms with Gasteiger partial charge in [0, 0.05) is 17.5 Å². The van der Waals surface area contributed by atoms with Crippen LogP contribution in [0, 0.1) is 0 Å². The molecule has 1 heterocycles. The Morgan fingerprint density at radius 3 is 2.68 bits per heavy atom. The molecular formula is C16H14O3. The van der Waals surface area contributed by atoms with E-state index in [4.69, 9.17) is 9.47 Å². The number of hydrogen-bond donors (Lipinski definition) is 0. The van der Waals surface area contributed by atoms with Gasteiger partial charge in [0.05, 0.1) is 13.5 Å². The van der Waals surface area contributed by atoms with Crippen molar-refractivity contribution in [2.75, 3.05) is 7.11 Å². The first-order valence-electron chi connectivity index (χ1n) is 6.21.